The molecule has 1 N–H and O–H groups in total. The fourth-order valence-corrected chi connectivity index (χ4v) is 5.16. The van der Waals surface area contributed by atoms with Gasteiger partial charge in [0.2, 0.25) is 11.8 Å². The Labute approximate surface area is 235 Å². The van der Waals surface area contributed by atoms with Crippen LogP contribution in [0.3, 0.4) is 0 Å². The third-order valence-corrected chi connectivity index (χ3v) is 7.47. The molecule has 2 amide bonds. The molecule has 38 heavy (non-hydrogen) atoms. The van der Waals surface area contributed by atoms with Crippen molar-refractivity contribution in [2.45, 2.75) is 25.0 Å². The number of hydrogen-bond donors (Lipinski definition) is 1. The molecule has 0 aliphatic carbocycles. The molecule has 0 saturated carbocycles. The summed E-state index contributed by atoms with van der Waals surface area (Å²) >= 11 is 13.4. The number of amides is 2. The van der Waals surface area contributed by atoms with Gasteiger partial charge in [-0.1, -0.05) is 59.2 Å². The van der Waals surface area contributed by atoms with Crippen molar-refractivity contribution in [1.29, 1.82) is 0 Å². The summed E-state index contributed by atoms with van der Waals surface area (Å²) in [6.45, 7) is 2.40. The first-order chi connectivity index (χ1) is 18.3. The number of hydrogen-bond acceptors (Lipinski definition) is 6. The van der Waals surface area contributed by atoms with Crippen molar-refractivity contribution in [3.05, 3.63) is 94.0 Å². The minimum absolute atomic E-state index is 0.0163. The van der Waals surface area contributed by atoms with Gasteiger partial charge in [-0.2, -0.15) is 0 Å². The molecule has 3 aromatic carbocycles. The Balaban J connectivity index is 1.57. The van der Waals surface area contributed by atoms with E-state index in [1.807, 2.05) is 12.1 Å². The van der Waals surface area contributed by atoms with Crippen LogP contribution in [-0.2, 0) is 20.7 Å². The van der Waals surface area contributed by atoms with Crippen LogP contribution in [0.15, 0.2) is 77.8 Å². The summed E-state index contributed by atoms with van der Waals surface area (Å²) < 4.78 is 5.03. The second-order valence-electron chi connectivity index (χ2n) is 8.36. The molecule has 1 heterocycles. The molecule has 1 aliphatic heterocycles. The van der Waals surface area contributed by atoms with Crippen molar-refractivity contribution in [1.82, 2.24) is 4.90 Å². The van der Waals surface area contributed by atoms with Gasteiger partial charge in [-0.25, -0.2) is 9.79 Å². The fraction of sp³-hybridized carbons (Fsp3) is 0.214. The summed E-state index contributed by atoms with van der Waals surface area (Å²) in [4.78, 5) is 44.6. The molecule has 7 nitrogen and oxygen atoms in total. The molecule has 0 aromatic heterocycles. The molecule has 10 heteroatoms. The highest BCUT2D eigenvalue weighted by Gasteiger charge is 2.36. The van der Waals surface area contributed by atoms with E-state index < -0.39 is 11.2 Å². The van der Waals surface area contributed by atoms with Gasteiger partial charge >= 0.3 is 5.97 Å². The van der Waals surface area contributed by atoms with Crippen molar-refractivity contribution in [2.75, 3.05) is 18.5 Å². The zero-order chi connectivity index (χ0) is 27.1. The standard InChI is InChI=1S/C28H25Cl2N3O4S/c1-2-37-27(36)19-9-13-21(14-10-19)31-28-33(16-15-18-7-11-20(29)12-8-18)25(34)17-24(38-28)26(35)32-23-6-4-3-5-22(23)30/h3-14,24H,2,15-17H2,1H3,(H,32,35). The molecule has 1 fully saturated rings. The SMILES string of the molecule is CCOC(=O)c1ccc(N=C2SC(C(=O)Nc3ccccc3Cl)CC(=O)N2CCc2ccc(Cl)cc2)cc1. The zero-order valence-electron chi connectivity index (χ0n) is 20.5. The predicted molar refractivity (Wildman–Crippen MR) is 152 cm³/mol. The first-order valence-electron chi connectivity index (χ1n) is 12.0. The van der Waals surface area contributed by atoms with Crippen molar-refractivity contribution in [2.24, 2.45) is 4.99 Å². The largest absolute Gasteiger partial charge is 0.462 e. The third-order valence-electron chi connectivity index (χ3n) is 5.70. The number of nitrogens with zero attached hydrogens (tertiary/aromatic N) is 2. The number of para-hydroxylation sites is 1. The van der Waals surface area contributed by atoms with Crippen LogP contribution in [0, 0.1) is 0 Å². The number of thioether (sulfide) groups is 1. The normalized spacial score (nSPS) is 16.4. The van der Waals surface area contributed by atoms with Gasteiger partial charge in [0.25, 0.3) is 0 Å². The summed E-state index contributed by atoms with van der Waals surface area (Å²) in [6.07, 6.45) is 0.600. The minimum Gasteiger partial charge on any atom is -0.462 e. The highest BCUT2D eigenvalue weighted by Crippen LogP contribution is 2.31. The number of rotatable bonds is 8. The van der Waals surface area contributed by atoms with Crippen LogP contribution in [-0.4, -0.2) is 46.3 Å². The summed E-state index contributed by atoms with van der Waals surface area (Å²) in [5.41, 5.74) is 2.44. The quantitative estimate of drug-likeness (QED) is 0.318. The molecular weight excluding hydrogens is 545 g/mol. The van der Waals surface area contributed by atoms with E-state index in [0.29, 0.717) is 45.1 Å². The smallest absolute Gasteiger partial charge is 0.338 e. The fourth-order valence-electron chi connectivity index (χ4n) is 3.73. The van der Waals surface area contributed by atoms with Crippen molar-refractivity contribution in [3.8, 4) is 0 Å². The second kappa shape index (κ2) is 13.0. The average Bonchev–Trinajstić information content (AvgIpc) is 2.91. The van der Waals surface area contributed by atoms with E-state index in [1.54, 1.807) is 72.5 Å². The number of carbonyl (C=O) groups is 3. The summed E-state index contributed by atoms with van der Waals surface area (Å²) in [5, 5.41) is 3.57. The van der Waals surface area contributed by atoms with Crippen LogP contribution in [0.5, 0.6) is 0 Å². The topological polar surface area (TPSA) is 88.1 Å². The molecule has 1 aliphatic rings. The number of benzene rings is 3. The number of carbonyl (C=O) groups excluding carboxylic acids is 3. The molecule has 4 rings (SSSR count). The highest BCUT2D eigenvalue weighted by atomic mass is 35.5. The van der Waals surface area contributed by atoms with Gasteiger partial charge in [0, 0.05) is 18.0 Å². The van der Waals surface area contributed by atoms with Crippen LogP contribution in [0.2, 0.25) is 10.0 Å². The average molecular weight is 570 g/mol. The summed E-state index contributed by atoms with van der Waals surface area (Å²) in [5.74, 6) is -0.965. The molecular formula is C28H25Cl2N3O4S. The van der Waals surface area contributed by atoms with Crippen LogP contribution in [0.1, 0.15) is 29.3 Å². The van der Waals surface area contributed by atoms with Gasteiger partial charge in [0.1, 0.15) is 5.25 Å². The molecule has 196 valence electrons. The maximum atomic E-state index is 13.3. The molecule has 3 aromatic rings. The lowest BCUT2D eigenvalue weighted by Gasteiger charge is -2.32. The monoisotopic (exact) mass is 569 g/mol. The number of anilines is 1. The Morgan fingerprint density at radius 2 is 1.76 bits per heavy atom. The number of ether oxygens (including phenoxy) is 1. The Hall–Kier alpha value is -3.33. The van der Waals surface area contributed by atoms with Crippen molar-refractivity contribution >= 4 is 69.3 Å². The van der Waals surface area contributed by atoms with E-state index >= 15 is 0 Å². The molecule has 0 spiro atoms. The number of halogens is 2. The van der Waals surface area contributed by atoms with E-state index in [-0.39, 0.29) is 24.8 Å². The van der Waals surface area contributed by atoms with Gasteiger partial charge in [-0.05, 0) is 67.4 Å². The number of esters is 1. The molecule has 0 bridgehead atoms. The number of amidine groups is 1. The molecule has 1 unspecified atom stereocenters. The van der Waals surface area contributed by atoms with E-state index in [0.717, 1.165) is 5.56 Å². The lowest BCUT2D eigenvalue weighted by Crippen LogP contribution is -2.46. The third kappa shape index (κ3) is 7.16. The predicted octanol–water partition coefficient (Wildman–Crippen LogP) is 6.37. The van der Waals surface area contributed by atoms with Gasteiger partial charge in [0.05, 0.1) is 28.6 Å². The second-order valence-corrected chi connectivity index (χ2v) is 10.4. The van der Waals surface area contributed by atoms with Gasteiger partial charge in [0.15, 0.2) is 5.17 Å². The zero-order valence-corrected chi connectivity index (χ0v) is 22.9. The van der Waals surface area contributed by atoms with Crippen molar-refractivity contribution in [3.63, 3.8) is 0 Å². The Kier molecular flexibility index (Phi) is 9.44. The Bertz CT molecular complexity index is 1350. The number of aliphatic imine (C=N–C) groups is 1. The van der Waals surface area contributed by atoms with Gasteiger partial charge in [-0.3, -0.25) is 14.5 Å². The highest BCUT2D eigenvalue weighted by molar-refractivity contribution is 8.15. The van der Waals surface area contributed by atoms with E-state index in [2.05, 4.69) is 10.3 Å². The van der Waals surface area contributed by atoms with E-state index in [4.69, 9.17) is 27.9 Å². The van der Waals surface area contributed by atoms with Crippen LogP contribution < -0.4 is 5.32 Å². The van der Waals surface area contributed by atoms with Gasteiger partial charge in [-0.15, -0.1) is 0 Å². The molecule has 0 radical (unpaired) electrons. The lowest BCUT2D eigenvalue weighted by atomic mass is 10.1. The minimum atomic E-state index is -0.692. The van der Waals surface area contributed by atoms with Crippen molar-refractivity contribution < 1.29 is 19.1 Å². The molecule has 1 saturated heterocycles. The van der Waals surface area contributed by atoms with Crippen LogP contribution >= 0.6 is 35.0 Å². The Morgan fingerprint density at radius 3 is 2.45 bits per heavy atom. The lowest BCUT2D eigenvalue weighted by molar-refractivity contribution is -0.129. The Morgan fingerprint density at radius 1 is 1.05 bits per heavy atom. The summed E-state index contributed by atoms with van der Waals surface area (Å²) in [6, 6.07) is 20.9. The van der Waals surface area contributed by atoms with Crippen LogP contribution in [0.4, 0.5) is 11.4 Å². The van der Waals surface area contributed by atoms with Gasteiger partial charge < -0.3 is 10.1 Å². The maximum absolute atomic E-state index is 13.3. The van der Waals surface area contributed by atoms with Crippen LogP contribution in [0.25, 0.3) is 0 Å². The first-order valence-corrected chi connectivity index (χ1v) is 13.6. The molecule has 1 atom stereocenters. The summed E-state index contributed by atoms with van der Waals surface area (Å²) in [7, 11) is 0. The number of nitrogens with one attached hydrogen (secondary N) is 1. The van der Waals surface area contributed by atoms with E-state index in [9.17, 15) is 14.4 Å². The first kappa shape index (κ1) is 27.7. The van der Waals surface area contributed by atoms with E-state index in [1.165, 1.54) is 11.8 Å². The maximum Gasteiger partial charge on any atom is 0.338 e.